The Bertz CT molecular complexity index is 582. The fourth-order valence-corrected chi connectivity index (χ4v) is 1.91. The highest BCUT2D eigenvalue weighted by atomic mass is 19.1. The van der Waals surface area contributed by atoms with Crippen LogP contribution in [0.25, 0.3) is 11.4 Å². The maximum atomic E-state index is 13.3. The van der Waals surface area contributed by atoms with Gasteiger partial charge in [0.2, 0.25) is 0 Å². The van der Waals surface area contributed by atoms with Crippen molar-refractivity contribution in [2.75, 3.05) is 6.54 Å². The predicted molar refractivity (Wildman–Crippen MR) is 78.7 cm³/mol. The van der Waals surface area contributed by atoms with Gasteiger partial charge < -0.3 is 5.32 Å². The summed E-state index contributed by atoms with van der Waals surface area (Å²) in [4.78, 5) is 8.78. The molecule has 1 heterocycles. The summed E-state index contributed by atoms with van der Waals surface area (Å²) in [7, 11) is 0. The third-order valence-corrected chi connectivity index (χ3v) is 2.99. The maximum Gasteiger partial charge on any atom is 0.159 e. The molecule has 0 spiro atoms. The van der Waals surface area contributed by atoms with Crippen molar-refractivity contribution >= 4 is 0 Å². The zero-order chi connectivity index (χ0) is 14.5. The molecule has 0 amide bonds. The Morgan fingerprint density at radius 3 is 2.75 bits per heavy atom. The normalized spacial score (nSPS) is 11.1. The van der Waals surface area contributed by atoms with E-state index in [1.807, 2.05) is 6.07 Å². The average molecular weight is 273 g/mol. The number of benzene rings is 1. The number of nitrogens with zero attached hydrogens (tertiary/aromatic N) is 2. The van der Waals surface area contributed by atoms with E-state index in [2.05, 4.69) is 29.1 Å². The molecule has 0 bridgehead atoms. The summed E-state index contributed by atoms with van der Waals surface area (Å²) in [5.74, 6) is 1.04. The molecule has 0 unspecified atom stereocenters. The van der Waals surface area contributed by atoms with E-state index in [-0.39, 0.29) is 5.82 Å². The second kappa shape index (κ2) is 6.57. The van der Waals surface area contributed by atoms with Crippen LogP contribution in [0.15, 0.2) is 30.5 Å². The van der Waals surface area contributed by atoms with Gasteiger partial charge in [0, 0.05) is 18.3 Å². The molecular weight excluding hydrogens is 253 g/mol. The molecule has 1 N–H and O–H groups in total. The van der Waals surface area contributed by atoms with Crippen molar-refractivity contribution in [2.45, 2.75) is 27.3 Å². The van der Waals surface area contributed by atoms with Gasteiger partial charge in [0.1, 0.15) is 5.82 Å². The number of aryl methyl sites for hydroxylation is 1. The molecule has 106 valence electrons. The Balaban J connectivity index is 2.14. The van der Waals surface area contributed by atoms with E-state index in [9.17, 15) is 4.39 Å². The molecule has 0 aliphatic carbocycles. The molecule has 20 heavy (non-hydrogen) atoms. The smallest absolute Gasteiger partial charge is 0.159 e. The van der Waals surface area contributed by atoms with E-state index in [0.29, 0.717) is 23.9 Å². The van der Waals surface area contributed by atoms with Gasteiger partial charge in [-0.2, -0.15) is 0 Å². The van der Waals surface area contributed by atoms with Crippen LogP contribution in [0.1, 0.15) is 25.1 Å². The molecule has 0 fully saturated rings. The topological polar surface area (TPSA) is 37.8 Å². The number of nitrogens with one attached hydrogen (secondary N) is 1. The first-order valence-electron chi connectivity index (χ1n) is 6.85. The SMILES string of the molecule is Cc1cc(-c2nccc(CNCC(C)C)n2)ccc1F. The first-order valence-corrected chi connectivity index (χ1v) is 6.85. The summed E-state index contributed by atoms with van der Waals surface area (Å²) in [5.41, 5.74) is 2.39. The third kappa shape index (κ3) is 3.84. The first-order chi connectivity index (χ1) is 9.56. The van der Waals surface area contributed by atoms with Gasteiger partial charge >= 0.3 is 0 Å². The van der Waals surface area contributed by atoms with Crippen LogP contribution in [0, 0.1) is 18.7 Å². The summed E-state index contributed by atoms with van der Waals surface area (Å²) < 4.78 is 13.3. The molecule has 3 nitrogen and oxygen atoms in total. The second-order valence-electron chi connectivity index (χ2n) is 5.36. The Morgan fingerprint density at radius 1 is 1.25 bits per heavy atom. The molecule has 0 radical (unpaired) electrons. The van der Waals surface area contributed by atoms with Gasteiger partial charge in [-0.25, -0.2) is 14.4 Å². The molecule has 0 aliphatic rings. The van der Waals surface area contributed by atoms with Crippen LogP contribution < -0.4 is 5.32 Å². The molecule has 0 saturated heterocycles. The monoisotopic (exact) mass is 273 g/mol. The van der Waals surface area contributed by atoms with Gasteiger partial charge in [-0.3, -0.25) is 0 Å². The number of hydrogen-bond donors (Lipinski definition) is 1. The number of aromatic nitrogens is 2. The summed E-state index contributed by atoms with van der Waals surface area (Å²) >= 11 is 0. The molecule has 4 heteroatoms. The van der Waals surface area contributed by atoms with Crippen LogP contribution >= 0.6 is 0 Å². The molecule has 0 atom stereocenters. The first kappa shape index (κ1) is 14.6. The fraction of sp³-hybridized carbons (Fsp3) is 0.375. The van der Waals surface area contributed by atoms with Gasteiger partial charge in [0.25, 0.3) is 0 Å². The molecule has 0 aliphatic heterocycles. The van der Waals surface area contributed by atoms with Crippen LogP contribution in [0.2, 0.25) is 0 Å². The lowest BCUT2D eigenvalue weighted by molar-refractivity contribution is 0.548. The highest BCUT2D eigenvalue weighted by Crippen LogP contribution is 2.18. The van der Waals surface area contributed by atoms with Crippen LogP contribution in [-0.2, 0) is 6.54 Å². The fourth-order valence-electron chi connectivity index (χ4n) is 1.91. The highest BCUT2D eigenvalue weighted by Gasteiger charge is 2.05. The minimum atomic E-state index is -0.205. The van der Waals surface area contributed by atoms with Crippen molar-refractivity contribution in [3.8, 4) is 11.4 Å². The predicted octanol–water partition coefficient (Wildman–Crippen LogP) is 3.34. The van der Waals surface area contributed by atoms with Gasteiger partial charge in [-0.05, 0) is 49.2 Å². The molecular formula is C16H20FN3. The number of halogens is 1. The lowest BCUT2D eigenvalue weighted by Gasteiger charge is -2.08. The van der Waals surface area contributed by atoms with Gasteiger partial charge in [-0.15, -0.1) is 0 Å². The molecule has 2 rings (SSSR count). The van der Waals surface area contributed by atoms with E-state index in [4.69, 9.17) is 0 Å². The van der Waals surface area contributed by atoms with Crippen molar-refractivity contribution in [1.29, 1.82) is 0 Å². The van der Waals surface area contributed by atoms with Crippen LogP contribution in [0.4, 0.5) is 4.39 Å². The Morgan fingerprint density at radius 2 is 2.05 bits per heavy atom. The Hall–Kier alpha value is -1.81. The average Bonchev–Trinajstić information content (AvgIpc) is 2.42. The van der Waals surface area contributed by atoms with E-state index in [1.54, 1.807) is 25.3 Å². The zero-order valence-corrected chi connectivity index (χ0v) is 12.2. The molecule has 1 aromatic carbocycles. The van der Waals surface area contributed by atoms with E-state index in [1.165, 1.54) is 6.07 Å². The van der Waals surface area contributed by atoms with Gasteiger partial charge in [0.15, 0.2) is 5.82 Å². The van der Waals surface area contributed by atoms with Crippen LogP contribution in [0.5, 0.6) is 0 Å². The van der Waals surface area contributed by atoms with Crippen molar-refractivity contribution in [3.63, 3.8) is 0 Å². The van der Waals surface area contributed by atoms with Gasteiger partial charge in [-0.1, -0.05) is 13.8 Å². The van der Waals surface area contributed by atoms with Crippen molar-refractivity contribution in [1.82, 2.24) is 15.3 Å². The van der Waals surface area contributed by atoms with E-state index < -0.39 is 0 Å². The summed E-state index contributed by atoms with van der Waals surface area (Å²) in [6, 6.07) is 6.84. The zero-order valence-electron chi connectivity index (χ0n) is 12.2. The van der Waals surface area contributed by atoms with E-state index >= 15 is 0 Å². The second-order valence-corrected chi connectivity index (χ2v) is 5.36. The standard InChI is InChI=1S/C16H20FN3/c1-11(2)9-18-10-14-6-7-19-16(20-14)13-4-5-15(17)12(3)8-13/h4-8,11,18H,9-10H2,1-3H3. The van der Waals surface area contributed by atoms with E-state index in [0.717, 1.165) is 17.8 Å². The summed E-state index contributed by atoms with van der Waals surface area (Å²) in [6.07, 6.45) is 1.74. The van der Waals surface area contributed by atoms with Crippen molar-refractivity contribution in [3.05, 3.63) is 47.5 Å². The minimum absolute atomic E-state index is 0.205. The van der Waals surface area contributed by atoms with Crippen LogP contribution in [-0.4, -0.2) is 16.5 Å². The minimum Gasteiger partial charge on any atom is -0.311 e. The summed E-state index contributed by atoms with van der Waals surface area (Å²) in [5, 5.41) is 3.35. The molecule has 1 aromatic heterocycles. The quantitative estimate of drug-likeness (QED) is 0.908. The number of hydrogen-bond acceptors (Lipinski definition) is 3. The summed E-state index contributed by atoms with van der Waals surface area (Å²) in [6.45, 7) is 7.75. The Labute approximate surface area is 119 Å². The Kier molecular flexibility index (Phi) is 4.79. The highest BCUT2D eigenvalue weighted by molar-refractivity contribution is 5.56. The largest absolute Gasteiger partial charge is 0.311 e. The molecule has 2 aromatic rings. The lowest BCUT2D eigenvalue weighted by Crippen LogP contribution is -2.19. The van der Waals surface area contributed by atoms with Crippen molar-refractivity contribution < 1.29 is 4.39 Å². The third-order valence-electron chi connectivity index (χ3n) is 2.99. The molecule has 0 saturated carbocycles. The van der Waals surface area contributed by atoms with Crippen LogP contribution in [0.3, 0.4) is 0 Å². The number of rotatable bonds is 5. The maximum absolute atomic E-state index is 13.3. The van der Waals surface area contributed by atoms with Gasteiger partial charge in [0.05, 0.1) is 5.69 Å². The lowest BCUT2D eigenvalue weighted by atomic mass is 10.1. The van der Waals surface area contributed by atoms with Crippen molar-refractivity contribution in [2.24, 2.45) is 5.92 Å².